The summed E-state index contributed by atoms with van der Waals surface area (Å²) in [4.78, 5) is 5.38. The van der Waals surface area contributed by atoms with E-state index in [9.17, 15) is 0 Å². The number of rotatable bonds is 5. The van der Waals surface area contributed by atoms with Gasteiger partial charge >= 0.3 is 0 Å². The molecule has 1 aromatic heterocycles. The minimum atomic E-state index is 0.328. The monoisotopic (exact) mass is 213 g/mol. The van der Waals surface area contributed by atoms with Crippen molar-refractivity contribution in [3.63, 3.8) is 0 Å². The summed E-state index contributed by atoms with van der Waals surface area (Å²) in [6, 6.07) is 0. The van der Waals surface area contributed by atoms with Gasteiger partial charge in [0.2, 0.25) is 0 Å². The predicted molar refractivity (Wildman–Crippen MR) is 62.6 cm³/mol. The lowest BCUT2D eigenvalue weighted by Crippen LogP contribution is -2.21. The van der Waals surface area contributed by atoms with Crippen LogP contribution in [0.15, 0.2) is 6.20 Å². The first-order chi connectivity index (χ1) is 6.57. The molecule has 0 aliphatic rings. The van der Waals surface area contributed by atoms with Crippen LogP contribution in [0, 0.1) is 5.41 Å². The summed E-state index contributed by atoms with van der Waals surface area (Å²) in [7, 11) is 0. The Kier molecular flexibility index (Phi) is 3.89. The first-order valence-corrected chi connectivity index (χ1v) is 5.77. The van der Waals surface area contributed by atoms with Gasteiger partial charge < -0.3 is 11.1 Å². The van der Waals surface area contributed by atoms with Crippen molar-refractivity contribution in [2.75, 3.05) is 11.9 Å². The van der Waals surface area contributed by atoms with E-state index >= 15 is 0 Å². The zero-order chi connectivity index (χ0) is 10.6. The molecule has 4 heteroatoms. The van der Waals surface area contributed by atoms with Crippen LogP contribution in [0.2, 0.25) is 0 Å². The Balaban J connectivity index is 2.45. The second-order valence-electron chi connectivity index (χ2n) is 4.21. The van der Waals surface area contributed by atoms with E-state index in [2.05, 4.69) is 31.1 Å². The third-order valence-corrected chi connectivity index (χ3v) is 3.41. The minimum Gasteiger partial charge on any atom is -0.361 e. The lowest BCUT2D eigenvalue weighted by Gasteiger charge is -2.22. The molecule has 0 unspecified atom stereocenters. The first kappa shape index (κ1) is 11.5. The minimum absolute atomic E-state index is 0.328. The van der Waals surface area contributed by atoms with Gasteiger partial charge in [-0.25, -0.2) is 4.98 Å². The predicted octanol–water partition coefficient (Wildman–Crippen LogP) is 2.45. The highest BCUT2D eigenvalue weighted by atomic mass is 32.1. The molecular formula is C10H19N3S. The molecule has 0 atom stereocenters. The van der Waals surface area contributed by atoms with E-state index in [4.69, 9.17) is 5.73 Å². The molecule has 80 valence electrons. The molecule has 0 aromatic carbocycles. The summed E-state index contributed by atoms with van der Waals surface area (Å²) in [5.41, 5.74) is 5.84. The lowest BCUT2D eigenvalue weighted by atomic mass is 9.90. The maximum atomic E-state index is 5.51. The van der Waals surface area contributed by atoms with Gasteiger partial charge in [0.05, 0.1) is 0 Å². The second kappa shape index (κ2) is 4.75. The highest BCUT2D eigenvalue weighted by Crippen LogP contribution is 2.22. The van der Waals surface area contributed by atoms with Gasteiger partial charge in [0.25, 0.3) is 0 Å². The van der Waals surface area contributed by atoms with Crippen LogP contribution < -0.4 is 11.1 Å². The zero-order valence-corrected chi connectivity index (χ0v) is 9.95. The zero-order valence-electron chi connectivity index (χ0n) is 9.13. The molecule has 1 heterocycles. The fourth-order valence-corrected chi connectivity index (χ4v) is 1.61. The summed E-state index contributed by atoms with van der Waals surface area (Å²) >= 11 is 1.64. The molecule has 1 rings (SSSR count). The van der Waals surface area contributed by atoms with Crippen LogP contribution in [-0.4, -0.2) is 11.5 Å². The van der Waals surface area contributed by atoms with Crippen molar-refractivity contribution in [2.45, 2.75) is 33.7 Å². The lowest BCUT2D eigenvalue weighted by molar-refractivity contribution is 0.377. The van der Waals surface area contributed by atoms with Crippen molar-refractivity contribution in [3.05, 3.63) is 11.1 Å². The van der Waals surface area contributed by atoms with Crippen molar-refractivity contribution >= 4 is 16.5 Å². The maximum absolute atomic E-state index is 5.51. The summed E-state index contributed by atoms with van der Waals surface area (Å²) in [6.07, 6.45) is 3.00. The molecule has 0 fully saturated rings. The van der Waals surface area contributed by atoms with Crippen molar-refractivity contribution in [2.24, 2.45) is 11.1 Å². The Hall–Kier alpha value is -0.610. The topological polar surface area (TPSA) is 50.9 Å². The summed E-state index contributed by atoms with van der Waals surface area (Å²) in [6.45, 7) is 8.24. The molecule has 14 heavy (non-hydrogen) atoms. The number of hydrogen-bond donors (Lipinski definition) is 2. The summed E-state index contributed by atoms with van der Waals surface area (Å²) in [5.74, 6) is 0. The Morgan fingerprint density at radius 2 is 2.29 bits per heavy atom. The normalized spacial score (nSPS) is 11.7. The molecule has 1 aromatic rings. The van der Waals surface area contributed by atoms with Crippen LogP contribution in [0.25, 0.3) is 0 Å². The number of anilines is 1. The molecule has 0 bridgehead atoms. The third kappa shape index (κ3) is 3.27. The van der Waals surface area contributed by atoms with Crippen LogP contribution in [0.5, 0.6) is 0 Å². The van der Waals surface area contributed by atoms with Gasteiger partial charge in [-0.3, -0.25) is 0 Å². The van der Waals surface area contributed by atoms with Gasteiger partial charge in [-0.1, -0.05) is 20.8 Å². The van der Waals surface area contributed by atoms with Crippen molar-refractivity contribution in [1.82, 2.24) is 4.98 Å². The third-order valence-electron chi connectivity index (χ3n) is 2.43. The van der Waals surface area contributed by atoms with Gasteiger partial charge in [0.1, 0.15) is 0 Å². The molecule has 0 amide bonds. The SMILES string of the molecule is CCC(C)(C)CNc1ncc(CN)s1. The largest absolute Gasteiger partial charge is 0.361 e. The Morgan fingerprint density at radius 3 is 2.79 bits per heavy atom. The van der Waals surface area contributed by atoms with E-state index in [0.717, 1.165) is 23.0 Å². The number of aromatic nitrogens is 1. The van der Waals surface area contributed by atoms with E-state index in [1.165, 1.54) is 0 Å². The van der Waals surface area contributed by atoms with Crippen LogP contribution in [0.4, 0.5) is 5.13 Å². The van der Waals surface area contributed by atoms with Crippen molar-refractivity contribution in [1.29, 1.82) is 0 Å². The fraction of sp³-hybridized carbons (Fsp3) is 0.700. The molecular weight excluding hydrogens is 194 g/mol. The Morgan fingerprint density at radius 1 is 1.57 bits per heavy atom. The quantitative estimate of drug-likeness (QED) is 0.790. The van der Waals surface area contributed by atoms with Gasteiger partial charge in [-0.05, 0) is 11.8 Å². The van der Waals surface area contributed by atoms with E-state index < -0.39 is 0 Å². The molecule has 0 aliphatic heterocycles. The van der Waals surface area contributed by atoms with Gasteiger partial charge in [-0.2, -0.15) is 0 Å². The molecule has 0 radical (unpaired) electrons. The van der Waals surface area contributed by atoms with Crippen LogP contribution in [-0.2, 0) is 6.54 Å². The van der Waals surface area contributed by atoms with E-state index in [-0.39, 0.29) is 0 Å². The first-order valence-electron chi connectivity index (χ1n) is 4.96. The van der Waals surface area contributed by atoms with Gasteiger partial charge in [0, 0.05) is 24.2 Å². The average molecular weight is 213 g/mol. The van der Waals surface area contributed by atoms with Gasteiger partial charge in [-0.15, -0.1) is 11.3 Å². The van der Waals surface area contributed by atoms with Crippen molar-refractivity contribution < 1.29 is 0 Å². The van der Waals surface area contributed by atoms with Gasteiger partial charge in [0.15, 0.2) is 5.13 Å². The number of thiazole rings is 1. The van der Waals surface area contributed by atoms with Crippen LogP contribution in [0.1, 0.15) is 32.1 Å². The highest BCUT2D eigenvalue weighted by molar-refractivity contribution is 7.15. The fourth-order valence-electron chi connectivity index (χ4n) is 0.923. The van der Waals surface area contributed by atoms with E-state index in [1.807, 2.05) is 6.20 Å². The van der Waals surface area contributed by atoms with Crippen LogP contribution in [0.3, 0.4) is 0 Å². The molecule has 0 saturated carbocycles. The number of hydrogen-bond acceptors (Lipinski definition) is 4. The highest BCUT2D eigenvalue weighted by Gasteiger charge is 2.14. The smallest absolute Gasteiger partial charge is 0.182 e. The molecule has 0 aliphatic carbocycles. The number of nitrogens with two attached hydrogens (primary N) is 1. The number of nitrogens with zero attached hydrogens (tertiary/aromatic N) is 1. The summed E-state index contributed by atoms with van der Waals surface area (Å²) < 4.78 is 0. The molecule has 0 spiro atoms. The maximum Gasteiger partial charge on any atom is 0.182 e. The molecule has 3 N–H and O–H groups in total. The molecule has 3 nitrogen and oxygen atoms in total. The van der Waals surface area contributed by atoms with E-state index in [0.29, 0.717) is 12.0 Å². The summed E-state index contributed by atoms with van der Waals surface area (Å²) in [5, 5.41) is 4.32. The Bertz CT molecular complexity index is 281. The molecule has 0 saturated heterocycles. The standard InChI is InChI=1S/C10H19N3S/c1-4-10(2,3)7-13-9-12-6-8(5-11)14-9/h6H,4-5,7,11H2,1-3H3,(H,12,13). The second-order valence-corrected chi connectivity index (χ2v) is 5.32. The Labute approximate surface area is 89.7 Å². The number of nitrogens with one attached hydrogen (secondary N) is 1. The average Bonchev–Trinajstić information content (AvgIpc) is 2.63. The van der Waals surface area contributed by atoms with E-state index in [1.54, 1.807) is 11.3 Å². The van der Waals surface area contributed by atoms with Crippen molar-refractivity contribution in [3.8, 4) is 0 Å². The van der Waals surface area contributed by atoms with Crippen LogP contribution >= 0.6 is 11.3 Å².